The van der Waals surface area contributed by atoms with Gasteiger partial charge in [-0.15, -0.1) is 0 Å². The van der Waals surface area contributed by atoms with E-state index >= 15 is 0 Å². The minimum atomic E-state index is -1.05. The van der Waals surface area contributed by atoms with Crippen molar-refractivity contribution in [3.05, 3.63) is 5.92 Å². The van der Waals surface area contributed by atoms with Gasteiger partial charge in [0.1, 0.15) is 0 Å². The fourth-order valence-electron chi connectivity index (χ4n) is 2.46. The molecule has 0 aliphatic carbocycles. The Hall–Kier alpha value is -0.810. The highest BCUT2D eigenvalue weighted by Gasteiger charge is 2.32. The topological polar surface area (TPSA) is 78.6 Å². The highest BCUT2D eigenvalue weighted by molar-refractivity contribution is 5.65. The molecule has 1 aliphatic rings. The van der Waals surface area contributed by atoms with Crippen LogP contribution >= 0.6 is 0 Å². The van der Waals surface area contributed by atoms with Crippen molar-refractivity contribution in [2.24, 2.45) is 11.8 Å². The highest BCUT2D eigenvalue weighted by atomic mass is 16.4. The third-order valence-electron chi connectivity index (χ3n) is 3.18. The van der Waals surface area contributed by atoms with Crippen LogP contribution in [-0.4, -0.2) is 35.3 Å². The van der Waals surface area contributed by atoms with E-state index < -0.39 is 6.09 Å². The van der Waals surface area contributed by atoms with Crippen LogP contribution in [0.25, 0.3) is 0 Å². The Labute approximate surface area is 97.0 Å². The molecule has 2 atom stereocenters. The molecule has 16 heavy (non-hydrogen) atoms. The molecular weight excluding hydrogens is 206 g/mol. The summed E-state index contributed by atoms with van der Waals surface area (Å²) < 4.78 is 0. The largest absolute Gasteiger partial charge is 0.464 e. The van der Waals surface area contributed by atoms with Gasteiger partial charge in [-0.2, -0.15) is 0 Å². The smallest absolute Gasteiger partial charge is 0.421 e. The lowest BCUT2D eigenvalue weighted by molar-refractivity contribution is 0.105. The number of nitrogens with two attached hydrogens (primary N) is 1. The first-order chi connectivity index (χ1) is 7.54. The molecule has 1 aliphatic heterocycles. The second-order valence-electron chi connectivity index (χ2n) is 4.65. The predicted octanol–water partition coefficient (Wildman–Crippen LogP) is 1.21. The van der Waals surface area contributed by atoms with Gasteiger partial charge < -0.3 is 10.4 Å². The molecule has 4 N–H and O–H groups in total. The number of hydrazine groups is 1. The third-order valence-corrected chi connectivity index (χ3v) is 3.18. The highest BCUT2D eigenvalue weighted by Crippen LogP contribution is 2.27. The summed E-state index contributed by atoms with van der Waals surface area (Å²) in [6.07, 6.45) is 2.05. The van der Waals surface area contributed by atoms with Crippen LogP contribution in [0.4, 0.5) is 4.79 Å². The van der Waals surface area contributed by atoms with E-state index in [0.717, 1.165) is 43.3 Å². The molecule has 0 spiro atoms. The summed E-state index contributed by atoms with van der Waals surface area (Å²) in [5.41, 5.74) is 0. The molecule has 0 aromatic heterocycles. The molecule has 2 unspecified atom stereocenters. The minimum Gasteiger partial charge on any atom is -0.464 e. The first kappa shape index (κ1) is 13.3. The number of nitrogens with zero attached hydrogens (tertiary/aromatic N) is 1. The maximum absolute atomic E-state index is 10.9. The molecule has 0 aromatic rings. The molecule has 5 nitrogen and oxygen atoms in total. The van der Waals surface area contributed by atoms with Crippen molar-refractivity contribution in [1.82, 2.24) is 10.3 Å². The van der Waals surface area contributed by atoms with Crippen LogP contribution in [0.15, 0.2) is 0 Å². The normalized spacial score (nSPS) is 23.9. The molecule has 1 fully saturated rings. The van der Waals surface area contributed by atoms with Gasteiger partial charge in [0, 0.05) is 0 Å². The first-order valence-electron chi connectivity index (χ1n) is 5.81. The summed E-state index contributed by atoms with van der Waals surface area (Å²) in [5.74, 6) is 7.04. The van der Waals surface area contributed by atoms with Gasteiger partial charge in [-0.25, -0.2) is 15.6 Å². The molecule has 1 heterocycles. The molecule has 1 rings (SSSR count). The van der Waals surface area contributed by atoms with Gasteiger partial charge in [-0.3, -0.25) is 0 Å². The van der Waals surface area contributed by atoms with Crippen molar-refractivity contribution in [2.45, 2.75) is 39.2 Å². The maximum Gasteiger partial charge on any atom is 0.421 e. The SMILES string of the molecule is C[C](C)C(C1CCCNCC1)N(N)C(=O)O. The minimum absolute atomic E-state index is 0.155. The third kappa shape index (κ3) is 3.35. The van der Waals surface area contributed by atoms with Crippen LogP contribution < -0.4 is 11.2 Å². The molecule has 0 saturated carbocycles. The molecule has 1 saturated heterocycles. The Bertz CT molecular complexity index is 225. The van der Waals surface area contributed by atoms with Crippen LogP contribution in [-0.2, 0) is 0 Å². The van der Waals surface area contributed by atoms with Crippen molar-refractivity contribution in [3.8, 4) is 0 Å². The lowest BCUT2D eigenvalue weighted by Gasteiger charge is -2.34. The van der Waals surface area contributed by atoms with Gasteiger partial charge in [0.2, 0.25) is 0 Å². The number of amides is 1. The van der Waals surface area contributed by atoms with Crippen LogP contribution in [0.2, 0.25) is 0 Å². The second kappa shape index (κ2) is 6.06. The van der Waals surface area contributed by atoms with E-state index in [1.54, 1.807) is 0 Å². The Balaban J connectivity index is 2.70. The Morgan fingerprint density at radius 3 is 2.69 bits per heavy atom. The molecule has 93 valence electrons. The zero-order valence-corrected chi connectivity index (χ0v) is 10.1. The Morgan fingerprint density at radius 2 is 2.12 bits per heavy atom. The molecule has 0 bridgehead atoms. The average molecular weight is 228 g/mol. The van der Waals surface area contributed by atoms with Crippen molar-refractivity contribution in [3.63, 3.8) is 0 Å². The van der Waals surface area contributed by atoms with Gasteiger partial charge in [0.15, 0.2) is 0 Å². The van der Waals surface area contributed by atoms with E-state index in [9.17, 15) is 4.79 Å². The van der Waals surface area contributed by atoms with Crippen LogP contribution in [0.5, 0.6) is 0 Å². The lowest BCUT2D eigenvalue weighted by atomic mass is 9.85. The standard InChI is InChI=1S/C11H22N3O2/c1-8(2)10(14(12)11(15)16)9-4-3-6-13-7-5-9/h9-10,13H,3-7,12H2,1-2H3,(H,15,16). The van der Waals surface area contributed by atoms with Gasteiger partial charge in [-0.1, -0.05) is 13.8 Å². The summed E-state index contributed by atoms with van der Waals surface area (Å²) in [7, 11) is 0. The summed E-state index contributed by atoms with van der Waals surface area (Å²) in [6, 6.07) is -0.155. The average Bonchev–Trinajstić information content (AvgIpc) is 2.46. The van der Waals surface area contributed by atoms with Crippen molar-refractivity contribution < 1.29 is 9.90 Å². The number of hydrogen-bond acceptors (Lipinski definition) is 3. The first-order valence-corrected chi connectivity index (χ1v) is 5.81. The molecule has 1 radical (unpaired) electrons. The summed E-state index contributed by atoms with van der Waals surface area (Å²) in [6.45, 7) is 5.86. The van der Waals surface area contributed by atoms with Crippen LogP contribution in [0, 0.1) is 11.8 Å². The van der Waals surface area contributed by atoms with E-state index in [1.807, 2.05) is 13.8 Å². The Morgan fingerprint density at radius 1 is 1.44 bits per heavy atom. The van der Waals surface area contributed by atoms with Crippen molar-refractivity contribution >= 4 is 6.09 Å². The van der Waals surface area contributed by atoms with Gasteiger partial charge in [0.05, 0.1) is 6.04 Å². The number of carbonyl (C=O) groups is 1. The zero-order chi connectivity index (χ0) is 12.1. The maximum atomic E-state index is 10.9. The Kier molecular flexibility index (Phi) is 5.02. The fraction of sp³-hybridized carbons (Fsp3) is 0.818. The molecular formula is C11H22N3O2. The monoisotopic (exact) mass is 228 g/mol. The van der Waals surface area contributed by atoms with Crippen LogP contribution in [0.3, 0.4) is 0 Å². The van der Waals surface area contributed by atoms with E-state index in [0.29, 0.717) is 5.92 Å². The lowest BCUT2D eigenvalue weighted by Crippen LogP contribution is -2.50. The fourth-order valence-corrected chi connectivity index (χ4v) is 2.46. The number of rotatable bonds is 3. The zero-order valence-electron chi connectivity index (χ0n) is 10.1. The van der Waals surface area contributed by atoms with Gasteiger partial charge in [-0.05, 0) is 44.2 Å². The van der Waals surface area contributed by atoms with Gasteiger partial charge >= 0.3 is 6.09 Å². The summed E-state index contributed by atoms with van der Waals surface area (Å²) >= 11 is 0. The number of carboxylic acid groups (broad SMARTS) is 1. The van der Waals surface area contributed by atoms with Crippen molar-refractivity contribution in [1.29, 1.82) is 0 Å². The molecule has 0 aromatic carbocycles. The molecule has 5 heteroatoms. The van der Waals surface area contributed by atoms with Crippen molar-refractivity contribution in [2.75, 3.05) is 13.1 Å². The van der Waals surface area contributed by atoms with E-state index in [4.69, 9.17) is 10.9 Å². The van der Waals surface area contributed by atoms with E-state index in [2.05, 4.69) is 5.32 Å². The van der Waals surface area contributed by atoms with Gasteiger partial charge in [0.25, 0.3) is 0 Å². The second-order valence-corrected chi connectivity index (χ2v) is 4.65. The van der Waals surface area contributed by atoms with Crippen LogP contribution in [0.1, 0.15) is 33.1 Å². The quantitative estimate of drug-likeness (QED) is 0.385. The number of nitrogens with one attached hydrogen (secondary N) is 1. The summed E-state index contributed by atoms with van der Waals surface area (Å²) in [4.78, 5) is 10.9. The number of hydrogen-bond donors (Lipinski definition) is 3. The summed E-state index contributed by atoms with van der Waals surface area (Å²) in [5, 5.41) is 13.3. The predicted molar refractivity (Wildman–Crippen MR) is 62.6 cm³/mol. The molecule has 1 amide bonds. The van der Waals surface area contributed by atoms with E-state index in [-0.39, 0.29) is 6.04 Å². The van der Waals surface area contributed by atoms with E-state index in [1.165, 1.54) is 0 Å².